The van der Waals surface area contributed by atoms with Crippen molar-refractivity contribution in [1.82, 2.24) is 0 Å². The van der Waals surface area contributed by atoms with Gasteiger partial charge in [0.2, 0.25) is 0 Å². The Morgan fingerprint density at radius 1 is 1.45 bits per heavy atom. The number of amides is 1. The van der Waals surface area contributed by atoms with E-state index in [-0.39, 0.29) is 12.5 Å². The molecule has 1 aromatic carbocycles. The molecule has 3 rings (SSSR count). The Morgan fingerprint density at radius 3 is 3.05 bits per heavy atom. The molecular weight excluding hydrogens is 294 g/mol. The number of fused-ring (bicyclic) bond motifs is 1. The lowest BCUT2D eigenvalue weighted by Crippen LogP contribution is -2.17. The first-order valence-corrected chi connectivity index (χ1v) is 8.57. The summed E-state index contributed by atoms with van der Waals surface area (Å²) in [5.74, 6) is 0.677. The summed E-state index contributed by atoms with van der Waals surface area (Å²) in [4.78, 5) is 14.0. The van der Waals surface area contributed by atoms with Crippen molar-refractivity contribution in [2.75, 3.05) is 5.32 Å². The average molecular weight is 315 g/mol. The van der Waals surface area contributed by atoms with Gasteiger partial charge in [-0.2, -0.15) is 0 Å². The summed E-state index contributed by atoms with van der Waals surface area (Å²) in [5.41, 5.74) is 4.64. The molecule has 2 aromatic rings. The molecule has 0 bridgehead atoms. The van der Waals surface area contributed by atoms with Crippen LogP contribution < -0.4 is 5.32 Å². The smallest absolute Gasteiger partial charge is 0.256 e. The van der Waals surface area contributed by atoms with Gasteiger partial charge in [-0.1, -0.05) is 19.1 Å². The lowest BCUT2D eigenvalue weighted by Gasteiger charge is -2.19. The second-order valence-corrected chi connectivity index (χ2v) is 7.12. The molecule has 1 aliphatic rings. The lowest BCUT2D eigenvalue weighted by atomic mass is 9.88. The number of aryl methyl sites for hydroxylation is 1. The first kappa shape index (κ1) is 15.3. The number of hydrogen-bond acceptors (Lipinski definition) is 3. The van der Waals surface area contributed by atoms with E-state index in [1.807, 2.05) is 30.5 Å². The molecule has 1 heterocycles. The predicted molar refractivity (Wildman–Crippen MR) is 90.6 cm³/mol. The molecule has 2 N–H and O–H groups in total. The number of rotatable bonds is 3. The maximum Gasteiger partial charge on any atom is 0.256 e. The highest BCUT2D eigenvalue weighted by Crippen LogP contribution is 2.33. The number of carbonyl (C=O) groups is 1. The van der Waals surface area contributed by atoms with Gasteiger partial charge in [-0.25, -0.2) is 0 Å². The Labute approximate surface area is 135 Å². The SMILES string of the molecule is Cc1ccc(CO)cc1NC(=O)c1csc2c1CCC(C)C2. The molecule has 0 saturated carbocycles. The van der Waals surface area contributed by atoms with Crippen LogP contribution in [-0.2, 0) is 19.4 Å². The third kappa shape index (κ3) is 2.94. The Bertz CT molecular complexity index is 705. The summed E-state index contributed by atoms with van der Waals surface area (Å²) < 4.78 is 0. The number of aliphatic hydroxyl groups excluding tert-OH is 1. The lowest BCUT2D eigenvalue weighted by molar-refractivity contribution is 0.102. The molecule has 0 aliphatic heterocycles. The fraction of sp³-hybridized carbons (Fsp3) is 0.389. The molecule has 1 atom stereocenters. The maximum absolute atomic E-state index is 12.6. The fourth-order valence-electron chi connectivity index (χ4n) is 2.96. The second-order valence-electron chi connectivity index (χ2n) is 6.16. The summed E-state index contributed by atoms with van der Waals surface area (Å²) in [6.45, 7) is 4.21. The molecule has 0 spiro atoms. The first-order valence-electron chi connectivity index (χ1n) is 7.69. The third-order valence-corrected chi connectivity index (χ3v) is 5.43. The van der Waals surface area contributed by atoms with E-state index >= 15 is 0 Å². The molecule has 116 valence electrons. The minimum absolute atomic E-state index is 0.0190. The molecule has 1 aromatic heterocycles. The van der Waals surface area contributed by atoms with Crippen molar-refractivity contribution in [3.8, 4) is 0 Å². The molecule has 1 unspecified atom stereocenters. The van der Waals surface area contributed by atoms with Gasteiger partial charge in [0.25, 0.3) is 5.91 Å². The number of thiophene rings is 1. The number of carbonyl (C=O) groups excluding carboxylic acids is 1. The van der Waals surface area contributed by atoms with E-state index in [9.17, 15) is 9.90 Å². The number of benzene rings is 1. The van der Waals surface area contributed by atoms with Gasteiger partial charge in [0, 0.05) is 15.9 Å². The van der Waals surface area contributed by atoms with Gasteiger partial charge in [0.1, 0.15) is 0 Å². The van der Waals surface area contributed by atoms with Crippen molar-refractivity contribution >= 4 is 22.9 Å². The standard InChI is InChI=1S/C18H21NO2S/c1-11-3-6-14-15(10-22-17(14)7-11)18(21)19-16-8-13(9-20)5-4-12(16)2/h4-5,8,10-11,20H,3,6-7,9H2,1-2H3,(H,19,21). The van der Waals surface area contributed by atoms with Crippen LogP contribution in [0.5, 0.6) is 0 Å². The van der Waals surface area contributed by atoms with Gasteiger partial charge in [-0.3, -0.25) is 4.79 Å². The summed E-state index contributed by atoms with van der Waals surface area (Å²) in [6, 6.07) is 5.64. The Balaban J connectivity index is 1.84. The highest BCUT2D eigenvalue weighted by atomic mass is 32.1. The molecule has 0 radical (unpaired) electrons. The topological polar surface area (TPSA) is 49.3 Å². The van der Waals surface area contributed by atoms with Gasteiger partial charge in [-0.15, -0.1) is 11.3 Å². The van der Waals surface area contributed by atoms with Gasteiger partial charge >= 0.3 is 0 Å². The third-order valence-electron chi connectivity index (χ3n) is 4.38. The summed E-state index contributed by atoms with van der Waals surface area (Å²) in [5, 5.41) is 14.2. The van der Waals surface area contributed by atoms with Crippen molar-refractivity contribution in [3.05, 3.63) is 50.7 Å². The van der Waals surface area contributed by atoms with Gasteiger partial charge in [0.15, 0.2) is 0 Å². The van der Waals surface area contributed by atoms with Crippen LogP contribution in [0.15, 0.2) is 23.6 Å². The fourth-order valence-corrected chi connectivity index (χ4v) is 4.20. The van der Waals surface area contributed by atoms with E-state index < -0.39 is 0 Å². The predicted octanol–water partition coefficient (Wildman–Crippen LogP) is 3.93. The maximum atomic E-state index is 12.6. The molecular formula is C18H21NO2S. The number of aliphatic hydroxyl groups is 1. The van der Waals surface area contributed by atoms with E-state index in [4.69, 9.17) is 0 Å². The molecule has 1 aliphatic carbocycles. The normalized spacial score (nSPS) is 17.1. The summed E-state index contributed by atoms with van der Waals surface area (Å²) in [7, 11) is 0. The van der Waals surface area contributed by atoms with Crippen LogP contribution in [0.2, 0.25) is 0 Å². The highest BCUT2D eigenvalue weighted by molar-refractivity contribution is 7.10. The van der Waals surface area contributed by atoms with Crippen molar-refractivity contribution in [1.29, 1.82) is 0 Å². The van der Waals surface area contributed by atoms with Crippen molar-refractivity contribution in [2.45, 2.75) is 39.7 Å². The molecule has 1 amide bonds. The van der Waals surface area contributed by atoms with Gasteiger partial charge < -0.3 is 10.4 Å². The van der Waals surface area contributed by atoms with E-state index in [1.165, 1.54) is 10.4 Å². The largest absolute Gasteiger partial charge is 0.392 e. The number of hydrogen-bond donors (Lipinski definition) is 2. The van der Waals surface area contributed by atoms with E-state index in [2.05, 4.69) is 12.2 Å². The van der Waals surface area contributed by atoms with Gasteiger partial charge in [0.05, 0.1) is 12.2 Å². The molecule has 3 nitrogen and oxygen atoms in total. The average Bonchev–Trinajstić information content (AvgIpc) is 2.92. The van der Waals surface area contributed by atoms with Crippen molar-refractivity contribution in [3.63, 3.8) is 0 Å². The minimum Gasteiger partial charge on any atom is -0.392 e. The molecule has 22 heavy (non-hydrogen) atoms. The minimum atomic E-state index is -0.0368. The highest BCUT2D eigenvalue weighted by Gasteiger charge is 2.23. The zero-order valence-corrected chi connectivity index (χ0v) is 13.8. The number of nitrogens with one attached hydrogen (secondary N) is 1. The Morgan fingerprint density at radius 2 is 2.27 bits per heavy atom. The van der Waals surface area contributed by atoms with Crippen LogP contribution in [0.1, 0.15) is 45.3 Å². The monoisotopic (exact) mass is 315 g/mol. The second kappa shape index (κ2) is 6.23. The van der Waals surface area contributed by atoms with Crippen LogP contribution >= 0.6 is 11.3 Å². The Hall–Kier alpha value is -1.65. The van der Waals surface area contributed by atoms with Gasteiger partial charge in [-0.05, 0) is 54.9 Å². The van der Waals surface area contributed by atoms with Crippen molar-refractivity contribution < 1.29 is 9.90 Å². The first-order chi connectivity index (χ1) is 10.6. The Kier molecular flexibility index (Phi) is 4.32. The van der Waals surface area contributed by atoms with E-state index in [1.54, 1.807) is 11.3 Å². The van der Waals surface area contributed by atoms with Crippen LogP contribution in [0, 0.1) is 12.8 Å². The van der Waals surface area contributed by atoms with Crippen molar-refractivity contribution in [2.24, 2.45) is 5.92 Å². The molecule has 0 saturated heterocycles. The van der Waals surface area contributed by atoms with Crippen LogP contribution in [0.25, 0.3) is 0 Å². The van der Waals surface area contributed by atoms with Crippen LogP contribution in [0.3, 0.4) is 0 Å². The summed E-state index contributed by atoms with van der Waals surface area (Å²) in [6.07, 6.45) is 3.24. The van der Waals surface area contributed by atoms with E-state index in [0.717, 1.165) is 41.6 Å². The zero-order valence-electron chi connectivity index (χ0n) is 13.0. The van der Waals surface area contributed by atoms with Crippen LogP contribution in [0.4, 0.5) is 5.69 Å². The quantitative estimate of drug-likeness (QED) is 0.901. The van der Waals surface area contributed by atoms with Crippen LogP contribution in [-0.4, -0.2) is 11.0 Å². The van der Waals surface area contributed by atoms with E-state index in [0.29, 0.717) is 5.92 Å². The number of anilines is 1. The molecule has 0 fully saturated rings. The molecule has 4 heteroatoms. The summed E-state index contributed by atoms with van der Waals surface area (Å²) >= 11 is 1.71. The zero-order chi connectivity index (χ0) is 15.7.